The lowest BCUT2D eigenvalue weighted by molar-refractivity contribution is -0.127. The highest BCUT2D eigenvalue weighted by Crippen LogP contribution is 2.23. The number of amides is 2. The van der Waals surface area contributed by atoms with Gasteiger partial charge in [0.15, 0.2) is 5.16 Å². The van der Waals surface area contributed by atoms with Crippen LogP contribution in [-0.4, -0.2) is 76.3 Å². The summed E-state index contributed by atoms with van der Waals surface area (Å²) in [6, 6.07) is 14.2. The molecule has 2 amide bonds. The first-order valence-corrected chi connectivity index (χ1v) is 12.5. The predicted octanol–water partition coefficient (Wildman–Crippen LogP) is 2.57. The third-order valence-corrected chi connectivity index (χ3v) is 7.12. The number of ether oxygens (including phenoxy) is 1. The smallest absolute Gasteiger partial charge is 0.266 e. The molecule has 9 heteroatoms. The predicted molar refractivity (Wildman–Crippen MR) is 131 cm³/mol. The van der Waals surface area contributed by atoms with Gasteiger partial charge < -0.3 is 14.5 Å². The second-order valence-electron chi connectivity index (χ2n) is 8.38. The molecule has 3 heterocycles. The number of nitrogens with zero attached hydrogens (tertiary/aromatic N) is 4. The summed E-state index contributed by atoms with van der Waals surface area (Å²) in [5.41, 5.74) is 1.57. The molecule has 2 aromatic carbocycles. The van der Waals surface area contributed by atoms with E-state index < -0.39 is 0 Å². The number of morpholine rings is 1. The SMILES string of the molecule is O=C(CSc1nc2ccccc2c(=O)n1-c1ccc(C(=O)N2CCOCC2)cc1)N1CCCC1. The molecule has 176 valence electrons. The van der Waals surface area contributed by atoms with E-state index in [2.05, 4.69) is 0 Å². The standard InChI is InChI=1S/C25H26N4O4S/c30-22(27-11-3-4-12-27)17-34-25-26-21-6-2-1-5-20(21)24(32)29(25)19-9-7-18(8-10-19)23(31)28-13-15-33-16-14-28/h1-2,5-10H,3-4,11-17H2. The van der Waals surface area contributed by atoms with Crippen molar-refractivity contribution in [2.75, 3.05) is 45.1 Å². The molecule has 0 aliphatic carbocycles. The fourth-order valence-corrected chi connectivity index (χ4v) is 5.24. The molecule has 0 unspecified atom stereocenters. The molecule has 0 atom stereocenters. The number of carbonyl (C=O) groups is 2. The maximum absolute atomic E-state index is 13.4. The lowest BCUT2D eigenvalue weighted by Crippen LogP contribution is -2.40. The molecule has 2 aliphatic heterocycles. The van der Waals surface area contributed by atoms with Gasteiger partial charge in [-0.1, -0.05) is 23.9 Å². The van der Waals surface area contributed by atoms with Crippen LogP contribution in [0.25, 0.3) is 16.6 Å². The molecule has 0 N–H and O–H groups in total. The summed E-state index contributed by atoms with van der Waals surface area (Å²) in [7, 11) is 0. The minimum atomic E-state index is -0.200. The van der Waals surface area contributed by atoms with Crippen LogP contribution in [0.4, 0.5) is 0 Å². The van der Waals surface area contributed by atoms with Crippen molar-refractivity contribution in [1.82, 2.24) is 19.4 Å². The van der Waals surface area contributed by atoms with Crippen LogP contribution < -0.4 is 5.56 Å². The van der Waals surface area contributed by atoms with E-state index in [1.54, 1.807) is 41.3 Å². The van der Waals surface area contributed by atoms with Crippen molar-refractivity contribution in [3.05, 3.63) is 64.4 Å². The van der Waals surface area contributed by atoms with E-state index in [9.17, 15) is 14.4 Å². The number of carbonyl (C=O) groups excluding carboxylic acids is 2. The molecular weight excluding hydrogens is 452 g/mol. The Balaban J connectivity index is 1.46. The summed E-state index contributed by atoms with van der Waals surface area (Å²) in [5, 5.41) is 0.967. The molecule has 5 rings (SSSR count). The Hall–Kier alpha value is -3.17. The van der Waals surface area contributed by atoms with Gasteiger partial charge in [0.05, 0.1) is 35.6 Å². The second-order valence-corrected chi connectivity index (χ2v) is 9.32. The van der Waals surface area contributed by atoms with E-state index in [0.29, 0.717) is 53.6 Å². The van der Waals surface area contributed by atoms with Crippen LogP contribution in [0.3, 0.4) is 0 Å². The number of aromatic nitrogens is 2. The topological polar surface area (TPSA) is 84.7 Å². The quantitative estimate of drug-likeness (QED) is 0.414. The largest absolute Gasteiger partial charge is 0.378 e. The van der Waals surface area contributed by atoms with Crippen molar-refractivity contribution in [3.8, 4) is 5.69 Å². The average Bonchev–Trinajstić information content (AvgIpc) is 3.43. The Morgan fingerprint density at radius 2 is 1.62 bits per heavy atom. The highest BCUT2D eigenvalue weighted by atomic mass is 32.2. The molecule has 3 aromatic rings. The summed E-state index contributed by atoms with van der Waals surface area (Å²) < 4.78 is 6.86. The van der Waals surface area contributed by atoms with Crippen molar-refractivity contribution < 1.29 is 14.3 Å². The number of hydrogen-bond donors (Lipinski definition) is 0. The van der Waals surface area contributed by atoms with Gasteiger partial charge in [-0.3, -0.25) is 19.0 Å². The maximum Gasteiger partial charge on any atom is 0.266 e. The average molecular weight is 479 g/mol. The molecule has 0 saturated carbocycles. The molecule has 0 radical (unpaired) electrons. The number of likely N-dealkylation sites (tertiary alicyclic amines) is 1. The van der Waals surface area contributed by atoms with Crippen molar-refractivity contribution in [1.29, 1.82) is 0 Å². The van der Waals surface area contributed by atoms with Gasteiger partial charge in [-0.2, -0.15) is 0 Å². The lowest BCUT2D eigenvalue weighted by Gasteiger charge is -2.27. The van der Waals surface area contributed by atoms with Crippen molar-refractivity contribution >= 4 is 34.5 Å². The molecule has 0 spiro atoms. The van der Waals surface area contributed by atoms with Crippen molar-refractivity contribution in [3.63, 3.8) is 0 Å². The van der Waals surface area contributed by atoms with E-state index >= 15 is 0 Å². The Kier molecular flexibility index (Phi) is 6.64. The third-order valence-electron chi connectivity index (χ3n) is 6.20. The van der Waals surface area contributed by atoms with Crippen LogP contribution in [0.2, 0.25) is 0 Å². The first-order valence-electron chi connectivity index (χ1n) is 11.5. The molecule has 34 heavy (non-hydrogen) atoms. The van der Waals surface area contributed by atoms with Crippen LogP contribution in [-0.2, 0) is 9.53 Å². The number of fused-ring (bicyclic) bond motifs is 1. The van der Waals surface area contributed by atoms with Gasteiger partial charge in [-0.15, -0.1) is 0 Å². The number of para-hydroxylation sites is 1. The van der Waals surface area contributed by atoms with Crippen LogP contribution in [0, 0.1) is 0 Å². The maximum atomic E-state index is 13.4. The van der Waals surface area contributed by atoms with E-state index in [0.717, 1.165) is 25.9 Å². The zero-order valence-corrected chi connectivity index (χ0v) is 19.6. The molecule has 2 saturated heterocycles. The van der Waals surface area contributed by atoms with Crippen LogP contribution >= 0.6 is 11.8 Å². The van der Waals surface area contributed by atoms with E-state index in [1.165, 1.54) is 16.3 Å². The number of benzene rings is 2. The van der Waals surface area contributed by atoms with Gasteiger partial charge >= 0.3 is 0 Å². The normalized spacial score (nSPS) is 16.2. The van der Waals surface area contributed by atoms with Crippen LogP contribution in [0.15, 0.2) is 58.5 Å². The molecule has 2 aliphatic rings. The Labute approximate surface area is 201 Å². The van der Waals surface area contributed by atoms with Crippen molar-refractivity contribution in [2.45, 2.75) is 18.0 Å². The fourth-order valence-electron chi connectivity index (χ4n) is 4.32. The highest BCUT2D eigenvalue weighted by molar-refractivity contribution is 7.99. The van der Waals surface area contributed by atoms with Gasteiger partial charge in [-0.25, -0.2) is 4.98 Å². The Morgan fingerprint density at radius 1 is 0.912 bits per heavy atom. The third kappa shape index (κ3) is 4.58. The summed E-state index contributed by atoms with van der Waals surface area (Å²) in [4.78, 5) is 47.2. The van der Waals surface area contributed by atoms with E-state index in [1.807, 2.05) is 17.0 Å². The van der Waals surface area contributed by atoms with Gasteiger partial charge in [0.2, 0.25) is 5.91 Å². The first-order chi connectivity index (χ1) is 16.6. The molecule has 8 nitrogen and oxygen atoms in total. The number of rotatable bonds is 5. The Bertz CT molecular complexity index is 1260. The first kappa shape index (κ1) is 22.6. The zero-order chi connectivity index (χ0) is 23.5. The molecular formula is C25H26N4O4S. The van der Waals surface area contributed by atoms with Gasteiger partial charge in [-0.05, 0) is 49.2 Å². The minimum Gasteiger partial charge on any atom is -0.378 e. The fraction of sp³-hybridized carbons (Fsp3) is 0.360. The zero-order valence-electron chi connectivity index (χ0n) is 18.8. The summed E-state index contributed by atoms with van der Waals surface area (Å²) in [6.07, 6.45) is 2.07. The van der Waals surface area contributed by atoms with E-state index in [-0.39, 0.29) is 23.1 Å². The summed E-state index contributed by atoms with van der Waals surface area (Å²) in [5.74, 6) is 0.228. The van der Waals surface area contributed by atoms with Gasteiger partial charge in [0.25, 0.3) is 11.5 Å². The number of hydrogen-bond acceptors (Lipinski definition) is 6. The minimum absolute atomic E-state index is 0.0513. The van der Waals surface area contributed by atoms with Crippen LogP contribution in [0.5, 0.6) is 0 Å². The molecule has 0 bridgehead atoms. The van der Waals surface area contributed by atoms with Crippen LogP contribution in [0.1, 0.15) is 23.2 Å². The molecule has 2 fully saturated rings. The van der Waals surface area contributed by atoms with Crippen molar-refractivity contribution in [2.24, 2.45) is 0 Å². The summed E-state index contributed by atoms with van der Waals surface area (Å²) >= 11 is 1.27. The Morgan fingerprint density at radius 3 is 2.35 bits per heavy atom. The van der Waals surface area contributed by atoms with Gasteiger partial charge in [0, 0.05) is 31.7 Å². The lowest BCUT2D eigenvalue weighted by atomic mass is 10.1. The monoisotopic (exact) mass is 478 g/mol. The highest BCUT2D eigenvalue weighted by Gasteiger charge is 2.21. The summed E-state index contributed by atoms with van der Waals surface area (Å²) in [6.45, 7) is 3.80. The van der Waals surface area contributed by atoms with Gasteiger partial charge in [0.1, 0.15) is 0 Å². The molecule has 1 aromatic heterocycles. The van der Waals surface area contributed by atoms with E-state index in [4.69, 9.17) is 9.72 Å². The number of thioether (sulfide) groups is 1. The second kappa shape index (κ2) is 9.99.